The number of amides is 1. The van der Waals surface area contributed by atoms with Crippen LogP contribution in [0.2, 0.25) is 0 Å². The number of aromatic nitrogens is 5. The second kappa shape index (κ2) is 7.58. The summed E-state index contributed by atoms with van der Waals surface area (Å²) in [7, 11) is 0. The highest BCUT2D eigenvalue weighted by Gasteiger charge is 2.19. The molecule has 0 spiro atoms. The summed E-state index contributed by atoms with van der Waals surface area (Å²) < 4.78 is 1.59. The van der Waals surface area contributed by atoms with Crippen LogP contribution in [-0.4, -0.2) is 41.9 Å². The van der Waals surface area contributed by atoms with Crippen molar-refractivity contribution in [3.8, 4) is 0 Å². The number of hydrogen-bond donors (Lipinski definition) is 2. The van der Waals surface area contributed by atoms with Crippen LogP contribution in [0.4, 0.5) is 0 Å². The lowest BCUT2D eigenvalue weighted by molar-refractivity contribution is -0.131. The first-order valence-corrected chi connectivity index (χ1v) is 9.71. The molecule has 154 valence electrons. The van der Waals surface area contributed by atoms with Crippen LogP contribution in [0.25, 0.3) is 16.6 Å². The van der Waals surface area contributed by atoms with Gasteiger partial charge in [-0.25, -0.2) is 14.5 Å². The van der Waals surface area contributed by atoms with E-state index < -0.39 is 0 Å². The summed E-state index contributed by atoms with van der Waals surface area (Å²) >= 11 is 0. The van der Waals surface area contributed by atoms with Gasteiger partial charge in [0.2, 0.25) is 5.91 Å². The number of carbonyl (C=O) groups is 1. The number of hydrogen-bond acceptors (Lipinski definition) is 5. The molecule has 0 saturated carbocycles. The van der Waals surface area contributed by atoms with E-state index in [1.807, 2.05) is 26.8 Å². The molecule has 0 fully saturated rings. The molecule has 0 radical (unpaired) electrons. The highest BCUT2D eigenvalue weighted by Crippen LogP contribution is 2.16. The molecule has 9 nitrogen and oxygen atoms in total. The van der Waals surface area contributed by atoms with E-state index in [4.69, 9.17) is 0 Å². The van der Waals surface area contributed by atoms with Gasteiger partial charge in [-0.3, -0.25) is 19.5 Å². The summed E-state index contributed by atoms with van der Waals surface area (Å²) in [5, 5.41) is 3.21. The molecular formula is C21H22N6O3. The summed E-state index contributed by atoms with van der Waals surface area (Å²) in [6.07, 6.45) is 0.131. The molecule has 30 heavy (non-hydrogen) atoms. The van der Waals surface area contributed by atoms with Crippen molar-refractivity contribution in [3.63, 3.8) is 0 Å². The van der Waals surface area contributed by atoms with Crippen molar-refractivity contribution in [3.05, 3.63) is 73.8 Å². The molecule has 0 aliphatic carbocycles. The van der Waals surface area contributed by atoms with Crippen molar-refractivity contribution in [1.82, 2.24) is 29.5 Å². The number of fused-ring (bicyclic) bond motifs is 2. The zero-order valence-electron chi connectivity index (χ0n) is 17.0. The van der Waals surface area contributed by atoms with Gasteiger partial charge in [0.05, 0.1) is 23.9 Å². The number of likely N-dealkylation sites (N-methyl/N-ethyl adjacent to an activating group) is 1. The molecule has 0 aliphatic rings. The number of H-pyrrole nitrogens is 2. The van der Waals surface area contributed by atoms with Crippen LogP contribution in [0, 0.1) is 13.8 Å². The molecule has 3 heterocycles. The van der Waals surface area contributed by atoms with E-state index in [1.54, 1.807) is 27.6 Å². The fourth-order valence-corrected chi connectivity index (χ4v) is 3.64. The van der Waals surface area contributed by atoms with Crippen LogP contribution in [-0.2, 0) is 17.8 Å². The zero-order valence-corrected chi connectivity index (χ0v) is 17.0. The largest absolute Gasteiger partial charge is 0.335 e. The Bertz CT molecular complexity index is 1380. The molecule has 0 atom stereocenters. The lowest BCUT2D eigenvalue weighted by atomic mass is 10.1. The van der Waals surface area contributed by atoms with Crippen LogP contribution in [0.1, 0.15) is 29.7 Å². The SMILES string of the molecule is CCN(Cc1nc2ccccc2c(=O)[nH]1)C(=O)Cc1c(C)nc2cc(=O)[nH]n2c1C. The van der Waals surface area contributed by atoms with E-state index >= 15 is 0 Å². The third-order valence-corrected chi connectivity index (χ3v) is 5.27. The predicted octanol–water partition coefficient (Wildman–Crippen LogP) is 1.47. The average Bonchev–Trinajstić information content (AvgIpc) is 3.09. The van der Waals surface area contributed by atoms with Gasteiger partial charge < -0.3 is 9.88 Å². The first-order chi connectivity index (χ1) is 14.4. The quantitative estimate of drug-likeness (QED) is 0.521. The second-order valence-electron chi connectivity index (χ2n) is 7.19. The number of para-hydroxylation sites is 1. The van der Waals surface area contributed by atoms with E-state index in [0.29, 0.717) is 34.6 Å². The lowest BCUT2D eigenvalue weighted by Gasteiger charge is -2.21. The van der Waals surface area contributed by atoms with E-state index in [2.05, 4.69) is 20.1 Å². The van der Waals surface area contributed by atoms with E-state index in [9.17, 15) is 14.4 Å². The number of nitrogens with zero attached hydrogens (tertiary/aromatic N) is 4. The highest BCUT2D eigenvalue weighted by molar-refractivity contribution is 5.80. The van der Waals surface area contributed by atoms with Crippen molar-refractivity contribution in [2.24, 2.45) is 0 Å². The Morgan fingerprint density at radius 1 is 1.17 bits per heavy atom. The monoisotopic (exact) mass is 406 g/mol. The predicted molar refractivity (Wildman–Crippen MR) is 112 cm³/mol. The molecule has 1 amide bonds. The average molecular weight is 406 g/mol. The second-order valence-corrected chi connectivity index (χ2v) is 7.19. The summed E-state index contributed by atoms with van der Waals surface area (Å²) in [5.41, 5.74) is 2.88. The number of aromatic amines is 2. The maximum absolute atomic E-state index is 13.0. The van der Waals surface area contributed by atoms with Crippen LogP contribution >= 0.6 is 0 Å². The van der Waals surface area contributed by atoms with Crippen molar-refractivity contribution in [2.45, 2.75) is 33.7 Å². The van der Waals surface area contributed by atoms with Crippen LogP contribution in [0.3, 0.4) is 0 Å². The zero-order chi connectivity index (χ0) is 21.4. The molecule has 4 rings (SSSR count). The molecule has 0 bridgehead atoms. The van der Waals surface area contributed by atoms with Crippen molar-refractivity contribution >= 4 is 22.5 Å². The molecule has 0 saturated heterocycles. The number of aryl methyl sites for hydroxylation is 2. The fraction of sp³-hybridized carbons (Fsp3) is 0.286. The molecule has 1 aromatic carbocycles. The van der Waals surface area contributed by atoms with Gasteiger partial charge in [-0.15, -0.1) is 0 Å². The Morgan fingerprint density at radius 3 is 2.70 bits per heavy atom. The van der Waals surface area contributed by atoms with Crippen LogP contribution in [0.15, 0.2) is 39.9 Å². The minimum absolute atomic E-state index is 0.116. The van der Waals surface area contributed by atoms with Gasteiger partial charge in [-0.05, 0) is 32.9 Å². The molecule has 0 unspecified atom stereocenters. The Morgan fingerprint density at radius 2 is 1.93 bits per heavy atom. The van der Waals surface area contributed by atoms with Gasteiger partial charge in [-0.2, -0.15) is 0 Å². The molecule has 4 aromatic rings. The van der Waals surface area contributed by atoms with Crippen LogP contribution in [0.5, 0.6) is 0 Å². The Labute approximate surface area is 171 Å². The van der Waals surface area contributed by atoms with Crippen molar-refractivity contribution in [1.29, 1.82) is 0 Å². The Balaban J connectivity index is 1.62. The third kappa shape index (κ3) is 3.49. The van der Waals surface area contributed by atoms with E-state index in [1.165, 1.54) is 6.07 Å². The molecule has 3 aromatic heterocycles. The van der Waals surface area contributed by atoms with Gasteiger partial charge in [-0.1, -0.05) is 12.1 Å². The molecule has 2 N–H and O–H groups in total. The van der Waals surface area contributed by atoms with Gasteiger partial charge in [0.1, 0.15) is 5.82 Å². The fourth-order valence-electron chi connectivity index (χ4n) is 3.64. The smallest absolute Gasteiger partial charge is 0.266 e. The summed E-state index contributed by atoms with van der Waals surface area (Å²) in [6, 6.07) is 8.52. The number of benzene rings is 1. The first-order valence-electron chi connectivity index (χ1n) is 9.71. The summed E-state index contributed by atoms with van der Waals surface area (Å²) in [4.78, 5) is 50.3. The Kier molecular flexibility index (Phi) is 4.94. The minimum Gasteiger partial charge on any atom is -0.335 e. The van der Waals surface area contributed by atoms with Gasteiger partial charge >= 0.3 is 0 Å². The van der Waals surface area contributed by atoms with Gasteiger partial charge in [0.25, 0.3) is 11.1 Å². The normalized spacial score (nSPS) is 11.3. The number of nitrogens with one attached hydrogen (secondary N) is 2. The highest BCUT2D eigenvalue weighted by atomic mass is 16.2. The number of rotatable bonds is 5. The molecule has 0 aliphatic heterocycles. The topological polar surface area (TPSA) is 116 Å². The first kappa shape index (κ1) is 19.6. The van der Waals surface area contributed by atoms with Gasteiger partial charge in [0.15, 0.2) is 5.65 Å². The lowest BCUT2D eigenvalue weighted by Crippen LogP contribution is -2.33. The minimum atomic E-state index is -0.241. The number of carbonyl (C=O) groups excluding carboxylic acids is 1. The molecular weight excluding hydrogens is 384 g/mol. The van der Waals surface area contributed by atoms with Crippen molar-refractivity contribution < 1.29 is 4.79 Å². The maximum atomic E-state index is 13.0. The standard InChI is InChI=1S/C21H22N6O3/c1-4-26(11-17-23-16-8-6-5-7-14(16)21(30)24-17)20(29)9-15-12(2)22-18-10-19(28)25-27(18)13(15)3/h5-8,10H,4,9,11H2,1-3H3,(H,25,28)(H,23,24,30). The maximum Gasteiger partial charge on any atom is 0.266 e. The summed E-state index contributed by atoms with van der Waals surface area (Å²) in [5.74, 6) is 0.320. The Hall–Kier alpha value is -3.75. The van der Waals surface area contributed by atoms with E-state index in [0.717, 1.165) is 11.3 Å². The van der Waals surface area contributed by atoms with Crippen molar-refractivity contribution in [2.75, 3.05) is 6.54 Å². The van der Waals surface area contributed by atoms with E-state index in [-0.39, 0.29) is 30.0 Å². The van der Waals surface area contributed by atoms with Gasteiger partial charge in [0, 0.05) is 29.6 Å². The van der Waals surface area contributed by atoms with Crippen LogP contribution < -0.4 is 11.1 Å². The third-order valence-electron chi connectivity index (χ3n) is 5.27. The molecule has 9 heteroatoms. The summed E-state index contributed by atoms with van der Waals surface area (Å²) in [6.45, 7) is 6.21.